The Morgan fingerprint density at radius 1 is 0.840 bits per heavy atom. The van der Waals surface area contributed by atoms with E-state index in [-0.39, 0.29) is 19.0 Å². The third-order valence-electron chi connectivity index (χ3n) is 3.92. The zero-order valence-corrected chi connectivity index (χ0v) is 14.9. The van der Waals surface area contributed by atoms with Crippen molar-refractivity contribution in [3.8, 4) is 11.5 Å². The number of Topliss-reactive ketones (excluding diaryl/α,β-unsaturated/α-hetero) is 1. The summed E-state index contributed by atoms with van der Waals surface area (Å²) in [6, 6.07) is 10.6. The van der Waals surface area contributed by atoms with Crippen LogP contribution in [0.4, 0.5) is 0 Å². The summed E-state index contributed by atoms with van der Waals surface area (Å²) in [5.41, 5.74) is 3.60. The van der Waals surface area contributed by atoms with Gasteiger partial charge in [0.15, 0.2) is 13.2 Å². The first-order valence-corrected chi connectivity index (χ1v) is 7.94. The molecule has 0 fully saturated rings. The molecule has 0 heterocycles. The van der Waals surface area contributed by atoms with Crippen LogP contribution in [-0.4, -0.2) is 32.1 Å². The fourth-order valence-electron chi connectivity index (χ4n) is 2.34. The van der Waals surface area contributed by atoms with Crippen LogP contribution in [0.3, 0.4) is 0 Å². The minimum absolute atomic E-state index is 0.224. The van der Waals surface area contributed by atoms with E-state index < -0.39 is 5.97 Å². The maximum absolute atomic E-state index is 12.2. The summed E-state index contributed by atoms with van der Waals surface area (Å²) in [6.07, 6.45) is 0. The van der Waals surface area contributed by atoms with Crippen molar-refractivity contribution in [2.24, 2.45) is 0 Å². The zero-order chi connectivity index (χ0) is 18.4. The lowest BCUT2D eigenvalue weighted by atomic mass is 9.98. The quantitative estimate of drug-likeness (QED) is 0.570. The number of benzene rings is 2. The third kappa shape index (κ3) is 5.08. The van der Waals surface area contributed by atoms with E-state index in [0.29, 0.717) is 17.1 Å². The molecule has 0 aliphatic rings. The second kappa shape index (κ2) is 8.33. The molecule has 0 radical (unpaired) electrons. The fraction of sp³-hybridized carbons (Fsp3) is 0.300. The topological polar surface area (TPSA) is 61.8 Å². The second-order valence-electron chi connectivity index (χ2n) is 5.80. The van der Waals surface area contributed by atoms with E-state index in [0.717, 1.165) is 16.7 Å². The Morgan fingerprint density at radius 3 is 2.08 bits per heavy atom. The highest BCUT2D eigenvalue weighted by Gasteiger charge is 2.14. The maximum Gasteiger partial charge on any atom is 0.344 e. The summed E-state index contributed by atoms with van der Waals surface area (Å²) >= 11 is 0. The molecule has 0 atom stereocenters. The smallest absolute Gasteiger partial charge is 0.344 e. The zero-order valence-electron chi connectivity index (χ0n) is 14.9. The van der Waals surface area contributed by atoms with E-state index in [9.17, 15) is 9.59 Å². The van der Waals surface area contributed by atoms with Crippen LogP contribution in [0.25, 0.3) is 0 Å². The molecule has 0 N–H and O–H groups in total. The molecular formula is C20H22O5. The van der Waals surface area contributed by atoms with Crippen LogP contribution < -0.4 is 9.47 Å². The van der Waals surface area contributed by atoms with Gasteiger partial charge in [0, 0.05) is 5.56 Å². The Balaban J connectivity index is 1.85. The Kier molecular flexibility index (Phi) is 6.17. The number of ether oxygens (including phenoxy) is 3. The van der Waals surface area contributed by atoms with Crippen LogP contribution >= 0.6 is 0 Å². The van der Waals surface area contributed by atoms with E-state index in [1.807, 2.05) is 32.9 Å². The van der Waals surface area contributed by atoms with Crippen LogP contribution in [0, 0.1) is 20.8 Å². The van der Waals surface area contributed by atoms with Crippen LogP contribution in [-0.2, 0) is 9.53 Å². The summed E-state index contributed by atoms with van der Waals surface area (Å²) in [5.74, 6) is 0.405. The molecule has 0 bridgehead atoms. The fourth-order valence-corrected chi connectivity index (χ4v) is 2.34. The van der Waals surface area contributed by atoms with Gasteiger partial charge in [-0.3, -0.25) is 4.79 Å². The molecule has 0 spiro atoms. The molecular weight excluding hydrogens is 320 g/mol. The summed E-state index contributed by atoms with van der Waals surface area (Å²) in [7, 11) is 1.57. The van der Waals surface area contributed by atoms with Crippen molar-refractivity contribution in [3.05, 3.63) is 58.7 Å². The molecule has 5 heteroatoms. The average Bonchev–Trinajstić information content (AvgIpc) is 2.61. The molecule has 5 nitrogen and oxygen atoms in total. The van der Waals surface area contributed by atoms with Gasteiger partial charge in [-0.25, -0.2) is 4.79 Å². The lowest BCUT2D eigenvalue weighted by Gasteiger charge is -2.10. The van der Waals surface area contributed by atoms with Gasteiger partial charge >= 0.3 is 5.97 Å². The Hall–Kier alpha value is -2.82. The van der Waals surface area contributed by atoms with E-state index in [1.165, 1.54) is 0 Å². The largest absolute Gasteiger partial charge is 0.497 e. The summed E-state index contributed by atoms with van der Waals surface area (Å²) in [5, 5.41) is 0. The summed E-state index contributed by atoms with van der Waals surface area (Å²) in [4.78, 5) is 24.0. The van der Waals surface area contributed by atoms with Gasteiger partial charge < -0.3 is 14.2 Å². The molecule has 0 amide bonds. The lowest BCUT2D eigenvalue weighted by molar-refractivity contribution is -0.144. The standard InChI is InChI=1S/C20H22O5/c1-13-9-15(3)18(10-14(13)2)19(21)11-25-20(22)12-24-17-7-5-16(23-4)6-8-17/h5-10H,11-12H2,1-4H3. The van der Waals surface area contributed by atoms with Crippen molar-refractivity contribution >= 4 is 11.8 Å². The van der Waals surface area contributed by atoms with Gasteiger partial charge in [-0.1, -0.05) is 6.07 Å². The molecule has 0 aromatic heterocycles. The van der Waals surface area contributed by atoms with Gasteiger partial charge in [-0.15, -0.1) is 0 Å². The van der Waals surface area contributed by atoms with E-state index in [2.05, 4.69) is 0 Å². The van der Waals surface area contributed by atoms with E-state index in [1.54, 1.807) is 31.4 Å². The molecule has 2 aromatic rings. The molecule has 25 heavy (non-hydrogen) atoms. The average molecular weight is 342 g/mol. The SMILES string of the molecule is COc1ccc(OCC(=O)OCC(=O)c2cc(C)c(C)cc2C)cc1. The van der Waals surface area contributed by atoms with Crippen LogP contribution in [0.5, 0.6) is 11.5 Å². The number of carbonyl (C=O) groups is 2. The number of carbonyl (C=O) groups excluding carboxylic acids is 2. The van der Waals surface area contributed by atoms with Gasteiger partial charge in [0.1, 0.15) is 11.5 Å². The maximum atomic E-state index is 12.2. The number of esters is 1. The number of methoxy groups -OCH3 is 1. The number of hydrogen-bond donors (Lipinski definition) is 0. The predicted molar refractivity (Wildman–Crippen MR) is 94.4 cm³/mol. The highest BCUT2D eigenvalue weighted by molar-refractivity contribution is 5.99. The highest BCUT2D eigenvalue weighted by atomic mass is 16.6. The van der Waals surface area contributed by atoms with Gasteiger partial charge in [0.25, 0.3) is 0 Å². The van der Waals surface area contributed by atoms with Crippen molar-refractivity contribution in [2.75, 3.05) is 20.3 Å². The van der Waals surface area contributed by atoms with Crippen LogP contribution in [0.2, 0.25) is 0 Å². The normalized spacial score (nSPS) is 10.2. The molecule has 0 unspecified atom stereocenters. The number of ketones is 1. The highest BCUT2D eigenvalue weighted by Crippen LogP contribution is 2.17. The minimum atomic E-state index is -0.592. The third-order valence-corrected chi connectivity index (χ3v) is 3.92. The molecule has 0 aliphatic heterocycles. The van der Waals surface area contributed by atoms with Crippen molar-refractivity contribution in [1.29, 1.82) is 0 Å². The van der Waals surface area contributed by atoms with Crippen molar-refractivity contribution in [3.63, 3.8) is 0 Å². The number of hydrogen-bond acceptors (Lipinski definition) is 5. The predicted octanol–water partition coefficient (Wildman–Crippen LogP) is 3.43. The van der Waals surface area contributed by atoms with Gasteiger partial charge in [0.2, 0.25) is 5.78 Å². The van der Waals surface area contributed by atoms with Crippen LogP contribution in [0.15, 0.2) is 36.4 Å². The second-order valence-corrected chi connectivity index (χ2v) is 5.80. The Bertz CT molecular complexity index is 762. The van der Waals surface area contributed by atoms with Gasteiger partial charge in [-0.2, -0.15) is 0 Å². The lowest BCUT2D eigenvalue weighted by Crippen LogP contribution is -2.20. The molecule has 0 aliphatic carbocycles. The first-order valence-electron chi connectivity index (χ1n) is 7.94. The Morgan fingerprint density at radius 2 is 1.44 bits per heavy atom. The summed E-state index contributed by atoms with van der Waals surface area (Å²) < 4.78 is 15.4. The minimum Gasteiger partial charge on any atom is -0.497 e. The number of aryl methyl sites for hydroxylation is 3. The summed E-state index contributed by atoms with van der Waals surface area (Å²) in [6.45, 7) is 5.25. The van der Waals surface area contributed by atoms with E-state index >= 15 is 0 Å². The van der Waals surface area contributed by atoms with Crippen molar-refractivity contribution in [2.45, 2.75) is 20.8 Å². The first-order chi connectivity index (χ1) is 11.9. The van der Waals surface area contributed by atoms with Crippen molar-refractivity contribution < 1.29 is 23.8 Å². The molecule has 2 rings (SSSR count). The van der Waals surface area contributed by atoms with Gasteiger partial charge in [-0.05, 0) is 67.8 Å². The monoisotopic (exact) mass is 342 g/mol. The van der Waals surface area contributed by atoms with Crippen molar-refractivity contribution in [1.82, 2.24) is 0 Å². The Labute approximate surface area is 147 Å². The first kappa shape index (κ1) is 18.5. The molecule has 0 saturated heterocycles. The molecule has 0 saturated carbocycles. The van der Waals surface area contributed by atoms with E-state index in [4.69, 9.17) is 14.2 Å². The molecule has 2 aromatic carbocycles. The molecule has 132 valence electrons. The van der Waals surface area contributed by atoms with Gasteiger partial charge in [0.05, 0.1) is 7.11 Å². The number of rotatable bonds is 7. The van der Waals surface area contributed by atoms with Crippen LogP contribution in [0.1, 0.15) is 27.0 Å².